The SMILES string of the molecule is CN1C(=O)C(Cc2ccccc2)N=C1N. The van der Waals surface area contributed by atoms with Crippen LogP contribution in [0.4, 0.5) is 0 Å². The Morgan fingerprint density at radius 1 is 1.40 bits per heavy atom. The number of carbonyl (C=O) groups excluding carboxylic acids is 1. The van der Waals surface area contributed by atoms with Gasteiger partial charge in [0.1, 0.15) is 6.04 Å². The Kier molecular flexibility index (Phi) is 2.41. The molecular weight excluding hydrogens is 190 g/mol. The van der Waals surface area contributed by atoms with Gasteiger partial charge in [0, 0.05) is 13.5 Å². The molecule has 0 aliphatic carbocycles. The average molecular weight is 203 g/mol. The molecule has 4 heteroatoms. The molecule has 0 aromatic heterocycles. The summed E-state index contributed by atoms with van der Waals surface area (Å²) in [4.78, 5) is 17.2. The molecule has 2 N–H and O–H groups in total. The molecule has 0 radical (unpaired) electrons. The average Bonchev–Trinajstić information content (AvgIpc) is 2.48. The smallest absolute Gasteiger partial charge is 0.254 e. The third-order valence-electron chi connectivity index (χ3n) is 2.52. The van der Waals surface area contributed by atoms with Gasteiger partial charge >= 0.3 is 0 Å². The van der Waals surface area contributed by atoms with E-state index in [1.165, 1.54) is 4.90 Å². The number of hydrogen-bond acceptors (Lipinski definition) is 3. The van der Waals surface area contributed by atoms with Crippen molar-refractivity contribution in [3.05, 3.63) is 35.9 Å². The highest BCUT2D eigenvalue weighted by molar-refractivity contribution is 6.03. The molecule has 1 aromatic carbocycles. The lowest BCUT2D eigenvalue weighted by molar-refractivity contribution is -0.126. The fourth-order valence-electron chi connectivity index (χ4n) is 1.61. The van der Waals surface area contributed by atoms with Crippen molar-refractivity contribution in [1.82, 2.24) is 4.90 Å². The second-order valence-electron chi connectivity index (χ2n) is 3.59. The van der Waals surface area contributed by atoms with Gasteiger partial charge in [-0.1, -0.05) is 30.3 Å². The quantitative estimate of drug-likeness (QED) is 0.755. The minimum absolute atomic E-state index is 0.0312. The van der Waals surface area contributed by atoms with Crippen molar-refractivity contribution in [2.45, 2.75) is 12.5 Å². The number of carbonyl (C=O) groups is 1. The van der Waals surface area contributed by atoms with Gasteiger partial charge in [0.15, 0.2) is 5.96 Å². The largest absolute Gasteiger partial charge is 0.369 e. The standard InChI is InChI=1S/C11H13N3O/c1-14-10(15)9(13-11(14)12)7-8-5-3-2-4-6-8/h2-6,9H,7H2,1H3,(H2,12,13). The Morgan fingerprint density at radius 3 is 2.60 bits per heavy atom. The molecule has 0 bridgehead atoms. The van der Waals surface area contributed by atoms with Crippen molar-refractivity contribution in [1.29, 1.82) is 0 Å². The van der Waals surface area contributed by atoms with Crippen LogP contribution < -0.4 is 5.73 Å². The van der Waals surface area contributed by atoms with Crippen molar-refractivity contribution in [3.63, 3.8) is 0 Å². The van der Waals surface area contributed by atoms with E-state index in [1.54, 1.807) is 7.05 Å². The third kappa shape index (κ3) is 1.83. The summed E-state index contributed by atoms with van der Waals surface area (Å²) in [5.41, 5.74) is 6.67. The van der Waals surface area contributed by atoms with Crippen LogP contribution in [0.25, 0.3) is 0 Å². The van der Waals surface area contributed by atoms with Crippen LogP contribution in [0.5, 0.6) is 0 Å². The number of nitrogens with zero attached hydrogens (tertiary/aromatic N) is 2. The Labute approximate surface area is 88.4 Å². The van der Waals surface area contributed by atoms with Crippen molar-refractivity contribution in [2.24, 2.45) is 10.7 Å². The van der Waals surface area contributed by atoms with Gasteiger partial charge in [0.2, 0.25) is 0 Å². The first-order valence-electron chi connectivity index (χ1n) is 4.83. The predicted octanol–water partition coefficient (Wildman–Crippen LogP) is 0.384. The highest BCUT2D eigenvalue weighted by atomic mass is 16.2. The van der Waals surface area contributed by atoms with Gasteiger partial charge in [-0.15, -0.1) is 0 Å². The predicted molar refractivity (Wildman–Crippen MR) is 58.3 cm³/mol. The van der Waals surface area contributed by atoms with Crippen molar-refractivity contribution < 1.29 is 4.79 Å². The zero-order valence-corrected chi connectivity index (χ0v) is 8.55. The number of aliphatic imine (C=N–C) groups is 1. The van der Waals surface area contributed by atoms with Gasteiger partial charge < -0.3 is 5.73 Å². The molecule has 78 valence electrons. The van der Waals surface area contributed by atoms with Crippen LogP contribution in [0.1, 0.15) is 5.56 Å². The summed E-state index contributed by atoms with van der Waals surface area (Å²) in [7, 11) is 1.64. The minimum atomic E-state index is -0.350. The van der Waals surface area contributed by atoms with Crippen molar-refractivity contribution in [3.8, 4) is 0 Å². The highest BCUT2D eigenvalue weighted by Crippen LogP contribution is 2.12. The first kappa shape index (κ1) is 9.71. The number of hydrogen-bond donors (Lipinski definition) is 1. The van der Waals surface area contributed by atoms with Crippen LogP contribution in [0.2, 0.25) is 0 Å². The lowest BCUT2D eigenvalue weighted by atomic mass is 10.1. The van der Waals surface area contributed by atoms with E-state index >= 15 is 0 Å². The maximum Gasteiger partial charge on any atom is 0.254 e. The molecule has 4 nitrogen and oxygen atoms in total. The number of rotatable bonds is 2. The minimum Gasteiger partial charge on any atom is -0.369 e. The van der Waals surface area contributed by atoms with E-state index in [-0.39, 0.29) is 11.9 Å². The summed E-state index contributed by atoms with van der Waals surface area (Å²) < 4.78 is 0. The zero-order chi connectivity index (χ0) is 10.8. The molecule has 2 rings (SSSR count). The van der Waals surface area contributed by atoms with Crippen LogP contribution in [-0.4, -0.2) is 29.9 Å². The fourth-order valence-corrected chi connectivity index (χ4v) is 1.61. The fraction of sp³-hybridized carbons (Fsp3) is 0.273. The van der Waals surface area contributed by atoms with Gasteiger partial charge in [-0.25, -0.2) is 4.99 Å². The van der Waals surface area contributed by atoms with Gasteiger partial charge in [0.05, 0.1) is 0 Å². The summed E-state index contributed by atoms with van der Waals surface area (Å²) in [5.74, 6) is 0.275. The molecule has 1 amide bonds. The molecule has 1 aromatic rings. The summed E-state index contributed by atoms with van der Waals surface area (Å²) in [6.45, 7) is 0. The Balaban J connectivity index is 2.12. The van der Waals surface area contributed by atoms with Crippen LogP contribution in [-0.2, 0) is 11.2 Å². The van der Waals surface area contributed by atoms with E-state index in [0.29, 0.717) is 12.4 Å². The molecular formula is C11H13N3O. The van der Waals surface area contributed by atoms with Crippen LogP contribution in [0, 0.1) is 0 Å². The van der Waals surface area contributed by atoms with E-state index in [4.69, 9.17) is 5.73 Å². The molecule has 0 spiro atoms. The molecule has 15 heavy (non-hydrogen) atoms. The van der Waals surface area contributed by atoms with E-state index in [9.17, 15) is 4.79 Å². The number of amides is 1. The van der Waals surface area contributed by atoms with Crippen LogP contribution in [0.15, 0.2) is 35.3 Å². The lowest BCUT2D eigenvalue weighted by Gasteiger charge is -2.09. The number of nitrogens with two attached hydrogens (primary N) is 1. The maximum atomic E-state index is 11.7. The van der Waals surface area contributed by atoms with Gasteiger partial charge in [-0.3, -0.25) is 9.69 Å². The van der Waals surface area contributed by atoms with E-state index in [0.717, 1.165) is 5.56 Å². The van der Waals surface area contributed by atoms with E-state index in [2.05, 4.69) is 4.99 Å². The van der Waals surface area contributed by atoms with Crippen LogP contribution in [0.3, 0.4) is 0 Å². The Hall–Kier alpha value is -1.84. The lowest BCUT2D eigenvalue weighted by Crippen LogP contribution is -2.35. The van der Waals surface area contributed by atoms with Crippen molar-refractivity contribution >= 4 is 11.9 Å². The highest BCUT2D eigenvalue weighted by Gasteiger charge is 2.30. The summed E-state index contributed by atoms with van der Waals surface area (Å²) in [6.07, 6.45) is 0.616. The number of benzene rings is 1. The zero-order valence-electron chi connectivity index (χ0n) is 8.55. The molecule has 1 aliphatic rings. The molecule has 0 saturated carbocycles. The molecule has 1 atom stereocenters. The third-order valence-corrected chi connectivity index (χ3v) is 2.52. The molecule has 1 unspecified atom stereocenters. The first-order chi connectivity index (χ1) is 7.18. The van der Waals surface area contributed by atoms with E-state index in [1.807, 2.05) is 30.3 Å². The Morgan fingerprint density at radius 2 is 2.07 bits per heavy atom. The Bertz CT molecular complexity index is 400. The molecule has 0 saturated heterocycles. The molecule has 0 fully saturated rings. The number of guanidine groups is 1. The summed E-state index contributed by atoms with van der Waals surface area (Å²) in [6, 6.07) is 9.47. The van der Waals surface area contributed by atoms with Gasteiger partial charge in [0.25, 0.3) is 5.91 Å². The monoisotopic (exact) mass is 203 g/mol. The topological polar surface area (TPSA) is 58.7 Å². The summed E-state index contributed by atoms with van der Waals surface area (Å²) in [5, 5.41) is 0. The van der Waals surface area contributed by atoms with Gasteiger partial charge in [-0.2, -0.15) is 0 Å². The molecule has 1 heterocycles. The summed E-state index contributed by atoms with van der Waals surface area (Å²) >= 11 is 0. The number of likely N-dealkylation sites (N-methyl/N-ethyl adjacent to an activating group) is 1. The second-order valence-corrected chi connectivity index (χ2v) is 3.59. The molecule has 1 aliphatic heterocycles. The second kappa shape index (κ2) is 3.73. The van der Waals surface area contributed by atoms with Gasteiger partial charge in [-0.05, 0) is 5.56 Å². The first-order valence-corrected chi connectivity index (χ1v) is 4.83. The van der Waals surface area contributed by atoms with Crippen LogP contribution >= 0.6 is 0 Å². The van der Waals surface area contributed by atoms with E-state index < -0.39 is 0 Å². The normalized spacial score (nSPS) is 20.6. The van der Waals surface area contributed by atoms with Crippen molar-refractivity contribution in [2.75, 3.05) is 7.05 Å². The maximum absolute atomic E-state index is 11.7.